The summed E-state index contributed by atoms with van der Waals surface area (Å²) in [6, 6.07) is 22.8. The van der Waals surface area contributed by atoms with Crippen molar-refractivity contribution in [1.82, 2.24) is 10.2 Å². The van der Waals surface area contributed by atoms with E-state index in [0.717, 1.165) is 27.9 Å². The molecule has 0 saturated carbocycles. The van der Waals surface area contributed by atoms with Crippen molar-refractivity contribution >= 4 is 26.7 Å². The predicted octanol–water partition coefficient (Wildman–Crippen LogP) is 6.40. The molecule has 0 aliphatic carbocycles. The topological polar surface area (TPSA) is 47.1 Å². The van der Waals surface area contributed by atoms with Gasteiger partial charge in [-0.3, -0.25) is 5.10 Å². The second-order valence-electron chi connectivity index (χ2n) is 7.24. The number of benzene rings is 3. The molecule has 0 fully saturated rings. The van der Waals surface area contributed by atoms with Crippen LogP contribution in [0, 0.1) is 0 Å². The van der Waals surface area contributed by atoms with E-state index in [-0.39, 0.29) is 6.10 Å². The van der Waals surface area contributed by atoms with Gasteiger partial charge < -0.3 is 9.47 Å². The van der Waals surface area contributed by atoms with Crippen LogP contribution in [-0.4, -0.2) is 22.9 Å². The van der Waals surface area contributed by atoms with Gasteiger partial charge in [0, 0.05) is 17.0 Å². The number of aromatic amines is 1. The quantitative estimate of drug-likeness (QED) is 0.354. The van der Waals surface area contributed by atoms with Crippen LogP contribution in [0.3, 0.4) is 0 Å². The Bertz CT molecular complexity index is 1100. The molecule has 0 saturated heterocycles. The number of nitrogens with zero attached hydrogens (tertiary/aromatic N) is 1. The molecule has 0 amide bonds. The normalized spacial score (nSPS) is 11.2. The van der Waals surface area contributed by atoms with Gasteiger partial charge in [0.2, 0.25) is 5.88 Å². The summed E-state index contributed by atoms with van der Waals surface area (Å²) >= 11 is 3.51. The minimum Gasteiger partial charge on any atom is -0.493 e. The van der Waals surface area contributed by atoms with E-state index in [9.17, 15) is 0 Å². The average Bonchev–Trinajstić information content (AvgIpc) is 3.16. The number of H-pyrrole nitrogens is 1. The minimum absolute atomic E-state index is 0.109. The van der Waals surface area contributed by atoms with Crippen molar-refractivity contribution in [3.8, 4) is 22.9 Å². The van der Waals surface area contributed by atoms with Crippen LogP contribution in [0.4, 0.5) is 0 Å². The summed E-state index contributed by atoms with van der Waals surface area (Å²) in [5.74, 6) is 1.52. The summed E-state index contributed by atoms with van der Waals surface area (Å²) in [4.78, 5) is 0. The maximum absolute atomic E-state index is 5.96. The summed E-state index contributed by atoms with van der Waals surface area (Å²) in [7, 11) is 0. The van der Waals surface area contributed by atoms with Crippen molar-refractivity contribution in [3.05, 3.63) is 76.8 Å². The third-order valence-corrected chi connectivity index (χ3v) is 5.10. The highest BCUT2D eigenvalue weighted by atomic mass is 79.9. The number of ether oxygens (including phenoxy) is 2. The number of halogens is 1. The first-order chi connectivity index (χ1) is 14.1. The molecule has 4 aromatic rings. The van der Waals surface area contributed by atoms with Crippen molar-refractivity contribution in [2.75, 3.05) is 6.61 Å². The third kappa shape index (κ3) is 4.98. The van der Waals surface area contributed by atoms with Gasteiger partial charge in [-0.05, 0) is 60.0 Å². The van der Waals surface area contributed by atoms with E-state index in [4.69, 9.17) is 9.47 Å². The molecule has 4 nitrogen and oxygen atoms in total. The standard InChI is InChI=1S/C24H23BrN2O2/c1-16(2)29-24-15-23(26-27-24)18-5-3-17(4-6-18)11-12-28-22-10-8-19-13-21(25)9-7-20(19)14-22/h3-10,13-16H,11-12H2,1-2H3,(H,26,27). The molecule has 1 heterocycles. The third-order valence-electron chi connectivity index (χ3n) is 4.61. The molecular formula is C24H23BrN2O2. The molecule has 0 aliphatic rings. The van der Waals surface area contributed by atoms with Crippen molar-refractivity contribution in [2.24, 2.45) is 0 Å². The van der Waals surface area contributed by atoms with Gasteiger partial charge in [-0.15, -0.1) is 5.10 Å². The van der Waals surface area contributed by atoms with Crippen molar-refractivity contribution in [2.45, 2.75) is 26.4 Å². The van der Waals surface area contributed by atoms with Gasteiger partial charge in [0.15, 0.2) is 0 Å². The highest BCUT2D eigenvalue weighted by Gasteiger charge is 2.06. The SMILES string of the molecule is CC(C)Oc1cc(-c2ccc(CCOc3ccc4cc(Br)ccc4c3)cc2)[nH]n1. The van der Waals surface area contributed by atoms with Crippen molar-refractivity contribution in [3.63, 3.8) is 0 Å². The summed E-state index contributed by atoms with van der Waals surface area (Å²) in [5.41, 5.74) is 3.27. The zero-order valence-electron chi connectivity index (χ0n) is 16.5. The van der Waals surface area contributed by atoms with E-state index in [1.165, 1.54) is 16.3 Å². The summed E-state index contributed by atoms with van der Waals surface area (Å²) in [5, 5.41) is 9.60. The predicted molar refractivity (Wildman–Crippen MR) is 121 cm³/mol. The molecule has 5 heteroatoms. The Balaban J connectivity index is 1.34. The summed E-state index contributed by atoms with van der Waals surface area (Å²) < 4.78 is 12.6. The zero-order chi connectivity index (χ0) is 20.2. The van der Waals surface area contributed by atoms with Crippen LogP contribution in [-0.2, 0) is 6.42 Å². The van der Waals surface area contributed by atoms with Crippen LogP contribution >= 0.6 is 15.9 Å². The molecule has 148 valence electrons. The highest BCUT2D eigenvalue weighted by Crippen LogP contribution is 2.25. The number of rotatable bonds is 7. The van der Waals surface area contributed by atoms with Gasteiger partial charge in [-0.1, -0.05) is 52.3 Å². The minimum atomic E-state index is 0.109. The highest BCUT2D eigenvalue weighted by molar-refractivity contribution is 9.10. The molecule has 1 aromatic heterocycles. The number of fused-ring (bicyclic) bond motifs is 1. The summed E-state index contributed by atoms with van der Waals surface area (Å²) in [6.07, 6.45) is 0.960. The van der Waals surface area contributed by atoms with Gasteiger partial charge >= 0.3 is 0 Å². The van der Waals surface area contributed by atoms with Gasteiger partial charge in [0.05, 0.1) is 18.4 Å². The van der Waals surface area contributed by atoms with E-state index in [0.29, 0.717) is 12.5 Å². The lowest BCUT2D eigenvalue weighted by atomic mass is 10.1. The van der Waals surface area contributed by atoms with E-state index >= 15 is 0 Å². The van der Waals surface area contributed by atoms with Gasteiger partial charge in [0.1, 0.15) is 5.75 Å². The molecule has 0 bridgehead atoms. The van der Waals surface area contributed by atoms with Gasteiger partial charge in [0.25, 0.3) is 0 Å². The van der Waals surface area contributed by atoms with Gasteiger partial charge in [-0.25, -0.2) is 0 Å². The Morgan fingerprint density at radius 2 is 1.69 bits per heavy atom. The van der Waals surface area contributed by atoms with Crippen LogP contribution in [0.2, 0.25) is 0 Å². The Morgan fingerprint density at radius 1 is 0.931 bits per heavy atom. The molecule has 0 atom stereocenters. The fourth-order valence-electron chi connectivity index (χ4n) is 3.18. The maximum atomic E-state index is 5.96. The van der Waals surface area contributed by atoms with Crippen LogP contribution < -0.4 is 9.47 Å². The molecule has 0 unspecified atom stereocenters. The smallest absolute Gasteiger partial charge is 0.233 e. The molecule has 0 spiro atoms. The summed E-state index contributed by atoms with van der Waals surface area (Å²) in [6.45, 7) is 4.61. The Hall–Kier alpha value is -2.79. The average molecular weight is 451 g/mol. The van der Waals surface area contributed by atoms with E-state index < -0.39 is 0 Å². The van der Waals surface area contributed by atoms with E-state index in [2.05, 4.69) is 74.7 Å². The molecule has 1 N–H and O–H groups in total. The number of hydrogen-bond acceptors (Lipinski definition) is 3. The molecular weight excluding hydrogens is 428 g/mol. The van der Waals surface area contributed by atoms with Crippen molar-refractivity contribution < 1.29 is 9.47 Å². The first kappa shape index (κ1) is 19.5. The van der Waals surface area contributed by atoms with E-state index in [1.54, 1.807) is 0 Å². The van der Waals surface area contributed by atoms with Crippen LogP contribution in [0.5, 0.6) is 11.6 Å². The second-order valence-corrected chi connectivity index (χ2v) is 8.15. The first-order valence-electron chi connectivity index (χ1n) is 9.70. The van der Waals surface area contributed by atoms with Crippen LogP contribution in [0.1, 0.15) is 19.4 Å². The van der Waals surface area contributed by atoms with Crippen LogP contribution in [0.15, 0.2) is 71.2 Å². The largest absolute Gasteiger partial charge is 0.493 e. The van der Waals surface area contributed by atoms with E-state index in [1.807, 2.05) is 32.0 Å². The fourth-order valence-corrected chi connectivity index (χ4v) is 3.55. The van der Waals surface area contributed by atoms with Crippen molar-refractivity contribution in [1.29, 1.82) is 0 Å². The molecule has 0 aliphatic heterocycles. The van der Waals surface area contributed by atoms with Gasteiger partial charge in [-0.2, -0.15) is 0 Å². The maximum Gasteiger partial charge on any atom is 0.233 e. The lowest BCUT2D eigenvalue weighted by Crippen LogP contribution is -2.05. The monoisotopic (exact) mass is 450 g/mol. The first-order valence-corrected chi connectivity index (χ1v) is 10.5. The number of hydrogen-bond donors (Lipinski definition) is 1. The Labute approximate surface area is 179 Å². The Kier molecular flexibility index (Phi) is 5.86. The van der Waals surface area contributed by atoms with Crippen LogP contribution in [0.25, 0.3) is 22.0 Å². The molecule has 29 heavy (non-hydrogen) atoms. The fraction of sp³-hybridized carbons (Fsp3) is 0.208. The number of nitrogens with one attached hydrogen (secondary N) is 1. The Morgan fingerprint density at radius 3 is 2.48 bits per heavy atom. The zero-order valence-corrected chi connectivity index (χ0v) is 18.1. The molecule has 3 aromatic carbocycles. The molecule has 0 radical (unpaired) electrons. The second kappa shape index (κ2) is 8.70. The molecule has 4 rings (SSSR count). The lowest BCUT2D eigenvalue weighted by Gasteiger charge is -2.08. The number of aromatic nitrogens is 2. The lowest BCUT2D eigenvalue weighted by molar-refractivity contribution is 0.232.